The zero-order valence-electron chi connectivity index (χ0n) is 45.9. The SMILES string of the molecule is CCCCCCCC/C=C\CCCCCCCC(=O)OC(COC(=O)CCCCCCCC)COC(=O)CCCCCCCCCCCCCCCCCCC/C=C\CCCCCCCCCC. The van der Waals surface area contributed by atoms with Gasteiger partial charge in [0.2, 0.25) is 0 Å². The van der Waals surface area contributed by atoms with Gasteiger partial charge in [0, 0.05) is 19.3 Å². The maximum absolute atomic E-state index is 12.8. The van der Waals surface area contributed by atoms with Crippen molar-refractivity contribution in [2.45, 2.75) is 341 Å². The first kappa shape index (κ1) is 65.9. The molecule has 0 bridgehead atoms. The zero-order chi connectivity index (χ0) is 49.3. The molecule has 1 unspecified atom stereocenters. The number of rotatable bonds is 56. The summed E-state index contributed by atoms with van der Waals surface area (Å²) in [6.07, 6.45) is 68.0. The smallest absolute Gasteiger partial charge is 0.306 e. The summed E-state index contributed by atoms with van der Waals surface area (Å²) in [5, 5.41) is 0. The Hall–Kier alpha value is -2.11. The molecular weight excluding hydrogens is 841 g/mol. The van der Waals surface area contributed by atoms with Gasteiger partial charge in [-0.1, -0.05) is 270 Å². The summed E-state index contributed by atoms with van der Waals surface area (Å²) in [6, 6.07) is 0. The molecule has 68 heavy (non-hydrogen) atoms. The van der Waals surface area contributed by atoms with Crippen LogP contribution in [0.5, 0.6) is 0 Å². The molecule has 0 fully saturated rings. The van der Waals surface area contributed by atoms with Gasteiger partial charge in [-0.15, -0.1) is 0 Å². The normalized spacial score (nSPS) is 12.1. The summed E-state index contributed by atoms with van der Waals surface area (Å²) in [5.41, 5.74) is 0. The van der Waals surface area contributed by atoms with Crippen LogP contribution in [0.1, 0.15) is 335 Å². The van der Waals surface area contributed by atoms with Gasteiger partial charge >= 0.3 is 17.9 Å². The van der Waals surface area contributed by atoms with Crippen molar-refractivity contribution in [2.75, 3.05) is 13.2 Å². The lowest BCUT2D eigenvalue weighted by atomic mass is 10.0. The molecule has 0 amide bonds. The van der Waals surface area contributed by atoms with Crippen LogP contribution in [0.2, 0.25) is 0 Å². The lowest BCUT2D eigenvalue weighted by molar-refractivity contribution is -0.167. The van der Waals surface area contributed by atoms with Crippen molar-refractivity contribution in [2.24, 2.45) is 0 Å². The summed E-state index contributed by atoms with van der Waals surface area (Å²) in [4.78, 5) is 37.9. The van der Waals surface area contributed by atoms with Crippen LogP contribution in [-0.2, 0) is 28.6 Å². The van der Waals surface area contributed by atoms with E-state index in [9.17, 15) is 14.4 Å². The van der Waals surface area contributed by atoms with Crippen LogP contribution in [0.25, 0.3) is 0 Å². The second-order valence-electron chi connectivity index (χ2n) is 20.6. The van der Waals surface area contributed by atoms with Gasteiger partial charge in [-0.25, -0.2) is 0 Å². The first-order chi connectivity index (χ1) is 33.5. The highest BCUT2D eigenvalue weighted by Gasteiger charge is 2.19. The zero-order valence-corrected chi connectivity index (χ0v) is 45.9. The van der Waals surface area contributed by atoms with Crippen molar-refractivity contribution in [3.63, 3.8) is 0 Å². The molecule has 6 nitrogen and oxygen atoms in total. The van der Waals surface area contributed by atoms with Gasteiger partial charge in [0.05, 0.1) is 0 Å². The molecule has 0 saturated carbocycles. The fourth-order valence-electron chi connectivity index (χ4n) is 9.08. The first-order valence-corrected chi connectivity index (χ1v) is 30.3. The fraction of sp³-hybridized carbons (Fsp3) is 0.887. The van der Waals surface area contributed by atoms with Gasteiger partial charge in [-0.2, -0.15) is 0 Å². The molecule has 0 saturated heterocycles. The van der Waals surface area contributed by atoms with Gasteiger partial charge in [-0.05, 0) is 70.6 Å². The van der Waals surface area contributed by atoms with E-state index < -0.39 is 6.10 Å². The number of hydrogen-bond acceptors (Lipinski definition) is 6. The average Bonchev–Trinajstić information content (AvgIpc) is 3.34. The highest BCUT2D eigenvalue weighted by atomic mass is 16.6. The maximum atomic E-state index is 12.8. The molecular formula is C62H116O6. The Labute approximate surface area is 423 Å². The van der Waals surface area contributed by atoms with Gasteiger partial charge in [0.15, 0.2) is 6.10 Å². The maximum Gasteiger partial charge on any atom is 0.306 e. The van der Waals surface area contributed by atoms with Crippen LogP contribution < -0.4 is 0 Å². The highest BCUT2D eigenvalue weighted by molar-refractivity contribution is 5.71. The van der Waals surface area contributed by atoms with Gasteiger partial charge in [0.25, 0.3) is 0 Å². The van der Waals surface area contributed by atoms with E-state index in [0.29, 0.717) is 19.3 Å². The number of unbranched alkanes of at least 4 members (excludes halogenated alkanes) is 41. The molecule has 0 aliphatic rings. The standard InChI is InChI=1S/C62H116O6/c1-4-7-10-13-16-18-20-22-24-25-26-27-28-29-30-31-32-33-34-35-36-37-39-40-42-44-46-49-52-55-61(64)67-58-59(57-66-60(63)54-51-48-15-12-9-6-3)68-62(65)56-53-50-47-45-43-41-38-23-21-19-17-14-11-8-5-2/h23,25-26,38,59H,4-22,24,27-37,39-58H2,1-3H3/b26-25-,38-23-. The third-order valence-corrected chi connectivity index (χ3v) is 13.7. The topological polar surface area (TPSA) is 78.9 Å². The van der Waals surface area contributed by atoms with E-state index in [2.05, 4.69) is 45.1 Å². The van der Waals surface area contributed by atoms with Crippen molar-refractivity contribution >= 4 is 17.9 Å². The number of carbonyl (C=O) groups excluding carboxylic acids is 3. The molecule has 6 heteroatoms. The van der Waals surface area contributed by atoms with Crippen LogP contribution in [0, 0.1) is 0 Å². The Morgan fingerprint density at radius 3 is 0.735 bits per heavy atom. The van der Waals surface area contributed by atoms with E-state index in [1.807, 2.05) is 0 Å². The molecule has 0 aliphatic carbocycles. The molecule has 0 spiro atoms. The monoisotopic (exact) mass is 957 g/mol. The predicted octanol–water partition coefficient (Wildman–Crippen LogP) is 20.3. The van der Waals surface area contributed by atoms with Crippen molar-refractivity contribution in [3.8, 4) is 0 Å². The van der Waals surface area contributed by atoms with E-state index in [4.69, 9.17) is 14.2 Å². The summed E-state index contributed by atoms with van der Waals surface area (Å²) in [7, 11) is 0. The van der Waals surface area contributed by atoms with E-state index in [-0.39, 0.29) is 31.1 Å². The fourth-order valence-corrected chi connectivity index (χ4v) is 9.08. The van der Waals surface area contributed by atoms with E-state index in [1.54, 1.807) is 0 Å². The third kappa shape index (κ3) is 54.8. The van der Waals surface area contributed by atoms with E-state index in [1.165, 1.54) is 231 Å². The summed E-state index contributed by atoms with van der Waals surface area (Å²) in [6.45, 7) is 6.61. The van der Waals surface area contributed by atoms with E-state index >= 15 is 0 Å². The highest BCUT2D eigenvalue weighted by Crippen LogP contribution is 2.17. The van der Waals surface area contributed by atoms with E-state index in [0.717, 1.165) is 64.2 Å². The van der Waals surface area contributed by atoms with Crippen molar-refractivity contribution < 1.29 is 28.6 Å². The number of ether oxygens (including phenoxy) is 3. The summed E-state index contributed by atoms with van der Waals surface area (Å²) in [5.74, 6) is -0.871. The minimum Gasteiger partial charge on any atom is -0.462 e. The molecule has 0 aliphatic heterocycles. The van der Waals surface area contributed by atoms with Crippen molar-refractivity contribution in [1.29, 1.82) is 0 Å². The molecule has 0 radical (unpaired) electrons. The predicted molar refractivity (Wildman–Crippen MR) is 293 cm³/mol. The first-order valence-electron chi connectivity index (χ1n) is 30.3. The number of carbonyl (C=O) groups is 3. The van der Waals surface area contributed by atoms with Crippen molar-refractivity contribution in [1.82, 2.24) is 0 Å². The second-order valence-corrected chi connectivity index (χ2v) is 20.6. The van der Waals surface area contributed by atoms with Crippen molar-refractivity contribution in [3.05, 3.63) is 24.3 Å². The Kier molecular flexibility index (Phi) is 55.7. The van der Waals surface area contributed by atoms with Crippen LogP contribution in [-0.4, -0.2) is 37.2 Å². The molecule has 0 rings (SSSR count). The van der Waals surface area contributed by atoms with Crippen LogP contribution >= 0.6 is 0 Å². The molecule has 0 aromatic rings. The van der Waals surface area contributed by atoms with Crippen LogP contribution in [0.15, 0.2) is 24.3 Å². The Morgan fingerprint density at radius 1 is 0.279 bits per heavy atom. The summed E-state index contributed by atoms with van der Waals surface area (Å²) >= 11 is 0. The lowest BCUT2D eigenvalue weighted by Gasteiger charge is -2.18. The van der Waals surface area contributed by atoms with Crippen LogP contribution in [0.4, 0.5) is 0 Å². The van der Waals surface area contributed by atoms with Gasteiger partial charge < -0.3 is 14.2 Å². The Bertz CT molecular complexity index is 1100. The number of esters is 3. The molecule has 0 aromatic heterocycles. The number of allylic oxidation sites excluding steroid dienone is 4. The molecule has 0 heterocycles. The molecule has 1 atom stereocenters. The minimum atomic E-state index is -0.769. The average molecular weight is 958 g/mol. The van der Waals surface area contributed by atoms with Crippen LogP contribution in [0.3, 0.4) is 0 Å². The molecule has 0 aromatic carbocycles. The third-order valence-electron chi connectivity index (χ3n) is 13.7. The molecule has 400 valence electrons. The van der Waals surface area contributed by atoms with Gasteiger partial charge in [-0.3, -0.25) is 14.4 Å². The largest absolute Gasteiger partial charge is 0.462 e. The molecule has 0 N–H and O–H groups in total. The Balaban J connectivity index is 3.98. The minimum absolute atomic E-state index is 0.0705. The quantitative estimate of drug-likeness (QED) is 0.0262. The number of hydrogen-bond donors (Lipinski definition) is 0. The van der Waals surface area contributed by atoms with Gasteiger partial charge in [0.1, 0.15) is 13.2 Å². The second kappa shape index (κ2) is 57.5. The lowest BCUT2D eigenvalue weighted by Crippen LogP contribution is -2.30. The Morgan fingerprint density at radius 2 is 0.485 bits per heavy atom. The summed E-state index contributed by atoms with van der Waals surface area (Å²) < 4.78 is 16.8.